The van der Waals surface area contributed by atoms with Crippen molar-refractivity contribution in [3.05, 3.63) is 96.1 Å². The Morgan fingerprint density at radius 1 is 0.897 bits per heavy atom. The van der Waals surface area contributed by atoms with E-state index in [1.807, 2.05) is 54.6 Å². The Kier molecular flexibility index (Phi) is 5.18. The lowest BCUT2D eigenvalue weighted by atomic mass is 10.1. The van der Waals surface area contributed by atoms with Crippen molar-refractivity contribution >= 4 is 22.5 Å². The first-order valence-corrected chi connectivity index (χ1v) is 9.18. The zero-order valence-corrected chi connectivity index (χ0v) is 15.5. The summed E-state index contributed by atoms with van der Waals surface area (Å²) in [6.45, 7) is 0.448. The van der Waals surface area contributed by atoms with Crippen molar-refractivity contribution in [2.24, 2.45) is 10.2 Å². The van der Waals surface area contributed by atoms with Gasteiger partial charge in [0.25, 0.3) is 5.91 Å². The average molecular weight is 385 g/mol. The summed E-state index contributed by atoms with van der Waals surface area (Å²) in [7, 11) is 0. The lowest BCUT2D eigenvalue weighted by molar-refractivity contribution is -0.126. The fraction of sp³-hybridized carbons (Fsp3) is 0.0870. The fourth-order valence-corrected chi connectivity index (χ4v) is 3.23. The van der Waals surface area contributed by atoms with Crippen LogP contribution in [0.5, 0.6) is 5.88 Å². The maximum atomic E-state index is 12.3. The third kappa shape index (κ3) is 3.79. The van der Waals surface area contributed by atoms with Crippen molar-refractivity contribution in [1.29, 1.82) is 0 Å². The molecule has 0 spiro atoms. The summed E-state index contributed by atoms with van der Waals surface area (Å²) in [6, 6.07) is 25.6. The third-order valence-corrected chi connectivity index (χ3v) is 4.70. The highest BCUT2D eigenvalue weighted by Crippen LogP contribution is 2.39. The summed E-state index contributed by atoms with van der Waals surface area (Å²) >= 11 is 0. The first kappa shape index (κ1) is 18.6. The molecule has 0 saturated heterocycles. The van der Waals surface area contributed by atoms with Gasteiger partial charge in [0.05, 0.1) is 12.1 Å². The number of carbonyl (C=O) groups is 1. The Morgan fingerprint density at radius 2 is 1.52 bits per heavy atom. The molecule has 0 fully saturated rings. The molecule has 6 heteroatoms. The van der Waals surface area contributed by atoms with Crippen molar-refractivity contribution in [1.82, 2.24) is 4.57 Å². The first-order valence-electron chi connectivity index (χ1n) is 9.18. The van der Waals surface area contributed by atoms with Crippen LogP contribution in [-0.4, -0.2) is 20.7 Å². The predicted octanol–water partition coefficient (Wildman–Crippen LogP) is 4.74. The number of carbonyl (C=O) groups excluding carboxylic acids is 1. The molecular weight excluding hydrogens is 366 g/mol. The molecule has 0 saturated carbocycles. The number of azo groups is 1. The standard InChI is InChI=1S/C23H19N3O3/c27-21(17-11-5-2-6-12-17)22(28)25-24-20-18-13-7-8-14-19(18)26(23(20)29)15-16-9-3-1-4-10-16/h1-14,21,27,29H,15H2. The molecule has 4 aromatic rings. The quantitative estimate of drug-likeness (QED) is 0.487. The molecule has 0 bridgehead atoms. The lowest BCUT2D eigenvalue weighted by Gasteiger charge is -2.07. The van der Waals surface area contributed by atoms with Gasteiger partial charge in [-0.25, -0.2) is 0 Å². The monoisotopic (exact) mass is 385 g/mol. The van der Waals surface area contributed by atoms with E-state index >= 15 is 0 Å². The molecule has 4 rings (SSSR count). The molecule has 2 N–H and O–H groups in total. The Bertz CT molecular complexity index is 1170. The molecule has 1 unspecified atom stereocenters. The van der Waals surface area contributed by atoms with Crippen molar-refractivity contribution < 1.29 is 15.0 Å². The van der Waals surface area contributed by atoms with Gasteiger partial charge in [0.2, 0.25) is 5.88 Å². The smallest absolute Gasteiger partial charge is 0.297 e. The molecule has 0 radical (unpaired) electrons. The van der Waals surface area contributed by atoms with Gasteiger partial charge in [-0.1, -0.05) is 78.9 Å². The number of para-hydroxylation sites is 1. The zero-order valence-electron chi connectivity index (χ0n) is 15.5. The predicted molar refractivity (Wildman–Crippen MR) is 110 cm³/mol. The van der Waals surface area contributed by atoms with E-state index in [0.717, 1.165) is 11.1 Å². The van der Waals surface area contributed by atoms with Gasteiger partial charge in [-0.2, -0.15) is 0 Å². The van der Waals surface area contributed by atoms with Crippen LogP contribution in [0.25, 0.3) is 10.9 Å². The van der Waals surface area contributed by atoms with Crippen LogP contribution in [0.2, 0.25) is 0 Å². The second kappa shape index (κ2) is 8.08. The molecule has 29 heavy (non-hydrogen) atoms. The van der Waals surface area contributed by atoms with Gasteiger partial charge in [-0.15, -0.1) is 10.2 Å². The summed E-state index contributed by atoms with van der Waals surface area (Å²) in [6.07, 6.45) is -1.40. The van der Waals surface area contributed by atoms with E-state index in [0.29, 0.717) is 17.5 Å². The van der Waals surface area contributed by atoms with Gasteiger partial charge in [0.1, 0.15) is 0 Å². The van der Waals surface area contributed by atoms with Crippen molar-refractivity contribution in [3.63, 3.8) is 0 Å². The van der Waals surface area contributed by atoms with Crippen LogP contribution >= 0.6 is 0 Å². The second-order valence-electron chi connectivity index (χ2n) is 6.61. The van der Waals surface area contributed by atoms with Gasteiger partial charge in [0.15, 0.2) is 11.8 Å². The average Bonchev–Trinajstić information content (AvgIpc) is 3.04. The SMILES string of the molecule is O=C(N=Nc1c(O)n(Cc2ccccc2)c2ccccc12)C(O)c1ccccc1. The number of aliphatic hydroxyl groups excluding tert-OH is 1. The number of rotatable bonds is 5. The number of benzene rings is 3. The van der Waals surface area contributed by atoms with Gasteiger partial charge in [-0.05, 0) is 17.2 Å². The van der Waals surface area contributed by atoms with Gasteiger partial charge in [-0.3, -0.25) is 4.79 Å². The number of hydrogen-bond acceptors (Lipinski definition) is 4. The number of aromatic hydroxyl groups is 1. The second-order valence-corrected chi connectivity index (χ2v) is 6.61. The van der Waals surface area contributed by atoms with Crippen LogP contribution < -0.4 is 0 Å². The van der Waals surface area contributed by atoms with Crippen LogP contribution in [0, 0.1) is 0 Å². The molecule has 144 valence electrons. The maximum Gasteiger partial charge on any atom is 0.297 e. The van der Waals surface area contributed by atoms with E-state index in [1.54, 1.807) is 34.9 Å². The number of nitrogens with zero attached hydrogens (tertiary/aromatic N) is 3. The summed E-state index contributed by atoms with van der Waals surface area (Å²) in [5.74, 6) is -0.878. The molecule has 3 aromatic carbocycles. The first-order chi connectivity index (χ1) is 14.1. The number of hydrogen-bond donors (Lipinski definition) is 2. The van der Waals surface area contributed by atoms with E-state index in [2.05, 4.69) is 10.2 Å². The Labute approximate surface area is 167 Å². The summed E-state index contributed by atoms with van der Waals surface area (Å²) in [4.78, 5) is 12.3. The largest absolute Gasteiger partial charge is 0.493 e. The van der Waals surface area contributed by atoms with Gasteiger partial charge < -0.3 is 14.8 Å². The van der Waals surface area contributed by atoms with Crippen LogP contribution in [0.3, 0.4) is 0 Å². The summed E-state index contributed by atoms with van der Waals surface area (Å²) < 4.78 is 1.72. The van der Waals surface area contributed by atoms with Crippen molar-refractivity contribution in [2.45, 2.75) is 12.6 Å². The van der Waals surface area contributed by atoms with E-state index in [-0.39, 0.29) is 11.6 Å². The van der Waals surface area contributed by atoms with Crippen LogP contribution in [-0.2, 0) is 11.3 Å². The maximum absolute atomic E-state index is 12.3. The number of fused-ring (bicyclic) bond motifs is 1. The highest BCUT2D eigenvalue weighted by molar-refractivity contribution is 5.95. The topological polar surface area (TPSA) is 87.2 Å². The van der Waals surface area contributed by atoms with Crippen LogP contribution in [0.1, 0.15) is 17.2 Å². The zero-order chi connectivity index (χ0) is 20.2. The minimum atomic E-state index is -1.40. The lowest BCUT2D eigenvalue weighted by Crippen LogP contribution is -2.08. The molecule has 1 amide bonds. The minimum Gasteiger partial charge on any atom is -0.493 e. The summed E-state index contributed by atoms with van der Waals surface area (Å²) in [5, 5.41) is 29.3. The molecule has 0 aliphatic heterocycles. The van der Waals surface area contributed by atoms with Crippen molar-refractivity contribution in [2.75, 3.05) is 0 Å². The molecule has 1 atom stereocenters. The highest BCUT2D eigenvalue weighted by Gasteiger charge is 2.19. The Hall–Kier alpha value is -3.77. The third-order valence-electron chi connectivity index (χ3n) is 4.70. The highest BCUT2D eigenvalue weighted by atomic mass is 16.3. The molecule has 6 nitrogen and oxygen atoms in total. The van der Waals surface area contributed by atoms with Gasteiger partial charge >= 0.3 is 0 Å². The Morgan fingerprint density at radius 3 is 2.24 bits per heavy atom. The van der Waals surface area contributed by atoms with E-state index in [4.69, 9.17) is 0 Å². The molecule has 1 aromatic heterocycles. The van der Waals surface area contributed by atoms with E-state index in [9.17, 15) is 15.0 Å². The number of aromatic nitrogens is 1. The van der Waals surface area contributed by atoms with Crippen molar-refractivity contribution in [3.8, 4) is 5.88 Å². The fourth-order valence-electron chi connectivity index (χ4n) is 3.23. The minimum absolute atomic E-state index is 0.0826. The number of aliphatic hydroxyl groups is 1. The molecular formula is C23H19N3O3. The Balaban J connectivity index is 1.68. The number of amides is 1. The van der Waals surface area contributed by atoms with Crippen LogP contribution in [0.15, 0.2) is 95.2 Å². The van der Waals surface area contributed by atoms with Crippen LogP contribution in [0.4, 0.5) is 5.69 Å². The summed E-state index contributed by atoms with van der Waals surface area (Å²) in [5.41, 5.74) is 2.43. The molecule has 1 heterocycles. The van der Waals surface area contributed by atoms with Gasteiger partial charge in [0, 0.05) is 5.39 Å². The van der Waals surface area contributed by atoms with E-state index < -0.39 is 12.0 Å². The van der Waals surface area contributed by atoms with E-state index in [1.165, 1.54) is 0 Å². The normalized spacial score (nSPS) is 12.4. The molecule has 0 aliphatic carbocycles. The molecule has 0 aliphatic rings.